The molecule has 0 bridgehead atoms. The highest BCUT2D eigenvalue weighted by molar-refractivity contribution is 5.97. The van der Waals surface area contributed by atoms with E-state index in [2.05, 4.69) is 16.7 Å². The number of para-hydroxylation sites is 1. The molecule has 0 aromatic heterocycles. The van der Waals surface area contributed by atoms with Crippen molar-refractivity contribution >= 4 is 17.5 Å². The third-order valence-corrected chi connectivity index (χ3v) is 4.78. The lowest BCUT2D eigenvalue weighted by Gasteiger charge is -2.13. The molecule has 0 radical (unpaired) electrons. The first-order valence-corrected chi connectivity index (χ1v) is 9.73. The van der Waals surface area contributed by atoms with Gasteiger partial charge in [-0.2, -0.15) is 0 Å². The molecule has 28 heavy (non-hydrogen) atoms. The van der Waals surface area contributed by atoms with Gasteiger partial charge in [-0.05, 0) is 54.7 Å². The van der Waals surface area contributed by atoms with Crippen molar-refractivity contribution in [1.29, 1.82) is 0 Å². The molecule has 0 spiro atoms. The summed E-state index contributed by atoms with van der Waals surface area (Å²) in [4.78, 5) is 25.9. The van der Waals surface area contributed by atoms with E-state index in [4.69, 9.17) is 4.74 Å². The Labute approximate surface area is 165 Å². The van der Waals surface area contributed by atoms with Gasteiger partial charge in [-0.3, -0.25) is 9.59 Å². The molecule has 0 aliphatic heterocycles. The monoisotopic (exact) mass is 382 g/mol. The molecule has 2 aromatic rings. The molecule has 0 saturated heterocycles. The summed E-state index contributed by atoms with van der Waals surface area (Å²) in [6.07, 6.45) is 3.35. The van der Waals surface area contributed by atoms with Crippen molar-refractivity contribution in [2.24, 2.45) is 0 Å². The summed E-state index contributed by atoms with van der Waals surface area (Å²) in [6, 6.07) is 13.0. The van der Waals surface area contributed by atoms with E-state index in [1.165, 1.54) is 22.4 Å². The van der Waals surface area contributed by atoms with Gasteiger partial charge in [0.2, 0.25) is 0 Å². The number of carbonyl (C=O) groups is 2. The minimum atomic E-state index is -0.246. The number of ether oxygens (including phenoxy) is 1. The Morgan fingerprint density at radius 2 is 1.86 bits per heavy atom. The normalized spacial score (nSPS) is 12.5. The average molecular weight is 382 g/mol. The lowest BCUT2D eigenvalue weighted by molar-refractivity contribution is -0.856. The third kappa shape index (κ3) is 5.33. The van der Waals surface area contributed by atoms with Crippen molar-refractivity contribution in [3.63, 3.8) is 0 Å². The van der Waals surface area contributed by atoms with Crippen molar-refractivity contribution < 1.29 is 19.2 Å². The lowest BCUT2D eigenvalue weighted by Crippen LogP contribution is -3.06. The topological polar surface area (TPSA) is 71.9 Å². The number of nitrogens with one attached hydrogen (secondary N) is 3. The molecule has 0 unspecified atom stereocenters. The fourth-order valence-corrected chi connectivity index (χ4v) is 3.29. The summed E-state index contributed by atoms with van der Waals surface area (Å²) in [5, 5.41) is 5.75. The predicted molar refractivity (Wildman–Crippen MR) is 109 cm³/mol. The van der Waals surface area contributed by atoms with Gasteiger partial charge in [0.15, 0.2) is 6.61 Å². The number of likely N-dealkylation sites (N-methyl/N-ethyl adjacent to an activating group) is 1. The number of amides is 2. The zero-order chi connectivity index (χ0) is 19.9. The maximum atomic E-state index is 12.4. The fraction of sp³-hybridized carbons (Fsp3) is 0.364. The molecule has 0 fully saturated rings. The number of benzene rings is 2. The molecule has 3 rings (SSSR count). The molecule has 1 aliphatic carbocycles. The van der Waals surface area contributed by atoms with Gasteiger partial charge in [-0.1, -0.05) is 18.2 Å². The Morgan fingerprint density at radius 3 is 2.68 bits per heavy atom. The molecule has 2 amide bonds. The van der Waals surface area contributed by atoms with E-state index < -0.39 is 0 Å². The SMILES string of the molecule is C[NH+](C)CCNC(=O)c1ccccc1OCC(=O)Nc1ccc2c(c1)CCC2. The van der Waals surface area contributed by atoms with Crippen LogP contribution >= 0.6 is 0 Å². The van der Waals surface area contributed by atoms with E-state index in [-0.39, 0.29) is 18.4 Å². The fourth-order valence-electron chi connectivity index (χ4n) is 3.29. The van der Waals surface area contributed by atoms with Crippen LogP contribution in [0.2, 0.25) is 0 Å². The number of fused-ring (bicyclic) bond motifs is 1. The second-order valence-electron chi connectivity index (χ2n) is 7.38. The second-order valence-corrected chi connectivity index (χ2v) is 7.38. The molecular formula is C22H28N3O3+. The van der Waals surface area contributed by atoms with E-state index in [9.17, 15) is 9.59 Å². The highest BCUT2D eigenvalue weighted by atomic mass is 16.5. The van der Waals surface area contributed by atoms with Gasteiger partial charge >= 0.3 is 0 Å². The zero-order valence-electron chi connectivity index (χ0n) is 16.5. The standard InChI is InChI=1S/C22H27N3O3/c1-25(2)13-12-23-22(27)19-8-3-4-9-20(19)28-15-21(26)24-18-11-10-16-6-5-7-17(16)14-18/h3-4,8-11,14H,5-7,12-13,15H2,1-2H3,(H,23,27)(H,24,26)/p+1. The van der Waals surface area contributed by atoms with E-state index in [0.717, 1.165) is 25.1 Å². The van der Waals surface area contributed by atoms with Gasteiger partial charge in [0.1, 0.15) is 5.75 Å². The Morgan fingerprint density at radius 1 is 1.07 bits per heavy atom. The Hall–Kier alpha value is -2.86. The van der Waals surface area contributed by atoms with Crippen molar-refractivity contribution in [3.8, 4) is 5.75 Å². The van der Waals surface area contributed by atoms with E-state index >= 15 is 0 Å². The molecule has 6 heteroatoms. The van der Waals surface area contributed by atoms with Crippen LogP contribution in [0.25, 0.3) is 0 Å². The Kier molecular flexibility index (Phi) is 6.66. The van der Waals surface area contributed by atoms with E-state index in [1.54, 1.807) is 24.3 Å². The minimum absolute atomic E-state index is 0.150. The van der Waals surface area contributed by atoms with Crippen LogP contribution in [-0.4, -0.2) is 45.6 Å². The van der Waals surface area contributed by atoms with Crippen LogP contribution in [0.15, 0.2) is 42.5 Å². The summed E-state index contributed by atoms with van der Waals surface area (Å²) in [7, 11) is 4.06. The molecule has 0 atom stereocenters. The summed E-state index contributed by atoms with van der Waals surface area (Å²) in [6.45, 7) is 1.26. The molecule has 0 heterocycles. The van der Waals surface area contributed by atoms with Gasteiger partial charge in [0.25, 0.3) is 11.8 Å². The largest absolute Gasteiger partial charge is 0.483 e. The number of anilines is 1. The number of hydrogen-bond acceptors (Lipinski definition) is 3. The molecule has 3 N–H and O–H groups in total. The van der Waals surface area contributed by atoms with Crippen LogP contribution in [0.3, 0.4) is 0 Å². The number of aryl methyl sites for hydroxylation is 2. The first-order valence-electron chi connectivity index (χ1n) is 9.73. The first kappa shape index (κ1) is 19.9. The van der Waals surface area contributed by atoms with Gasteiger partial charge < -0.3 is 20.3 Å². The van der Waals surface area contributed by atoms with Gasteiger partial charge in [0.05, 0.1) is 32.7 Å². The van der Waals surface area contributed by atoms with Crippen LogP contribution in [0.4, 0.5) is 5.69 Å². The molecule has 0 saturated carbocycles. The lowest BCUT2D eigenvalue weighted by atomic mass is 10.1. The summed E-state index contributed by atoms with van der Waals surface area (Å²) in [5.74, 6) is -0.0402. The summed E-state index contributed by atoms with van der Waals surface area (Å²) >= 11 is 0. The number of hydrogen-bond donors (Lipinski definition) is 3. The summed E-state index contributed by atoms with van der Waals surface area (Å²) < 4.78 is 5.63. The Balaban J connectivity index is 1.55. The van der Waals surface area contributed by atoms with Crippen molar-refractivity contribution in [2.45, 2.75) is 19.3 Å². The quantitative estimate of drug-likeness (QED) is 0.640. The average Bonchev–Trinajstić information content (AvgIpc) is 3.14. The zero-order valence-corrected chi connectivity index (χ0v) is 16.5. The van der Waals surface area contributed by atoms with Crippen LogP contribution in [0.5, 0.6) is 5.75 Å². The van der Waals surface area contributed by atoms with E-state index in [0.29, 0.717) is 17.9 Å². The third-order valence-electron chi connectivity index (χ3n) is 4.78. The number of quaternary nitrogens is 1. The van der Waals surface area contributed by atoms with Gasteiger partial charge in [0, 0.05) is 5.69 Å². The van der Waals surface area contributed by atoms with Gasteiger partial charge in [-0.25, -0.2) is 0 Å². The molecule has 148 valence electrons. The van der Waals surface area contributed by atoms with Gasteiger partial charge in [-0.15, -0.1) is 0 Å². The van der Waals surface area contributed by atoms with Crippen LogP contribution < -0.4 is 20.3 Å². The molecular weight excluding hydrogens is 354 g/mol. The maximum absolute atomic E-state index is 12.4. The van der Waals surface area contributed by atoms with Crippen molar-refractivity contribution in [1.82, 2.24) is 5.32 Å². The smallest absolute Gasteiger partial charge is 0.262 e. The number of carbonyl (C=O) groups excluding carboxylic acids is 2. The minimum Gasteiger partial charge on any atom is -0.483 e. The Bertz CT molecular complexity index is 849. The predicted octanol–water partition coefficient (Wildman–Crippen LogP) is 1.07. The highest BCUT2D eigenvalue weighted by Gasteiger charge is 2.15. The summed E-state index contributed by atoms with van der Waals surface area (Å²) in [5.41, 5.74) is 3.89. The highest BCUT2D eigenvalue weighted by Crippen LogP contribution is 2.25. The van der Waals surface area contributed by atoms with E-state index in [1.807, 2.05) is 26.2 Å². The molecule has 1 aliphatic rings. The first-order chi connectivity index (χ1) is 13.5. The number of rotatable bonds is 8. The van der Waals surface area contributed by atoms with Crippen LogP contribution in [0.1, 0.15) is 27.9 Å². The van der Waals surface area contributed by atoms with Crippen molar-refractivity contribution in [3.05, 3.63) is 59.2 Å². The van der Waals surface area contributed by atoms with Crippen LogP contribution in [-0.2, 0) is 17.6 Å². The maximum Gasteiger partial charge on any atom is 0.262 e. The second kappa shape index (κ2) is 9.37. The molecule has 2 aromatic carbocycles. The van der Waals surface area contributed by atoms with Crippen molar-refractivity contribution in [2.75, 3.05) is 39.1 Å². The molecule has 6 nitrogen and oxygen atoms in total. The van der Waals surface area contributed by atoms with Crippen LogP contribution in [0, 0.1) is 0 Å².